The SMILES string of the molecule is CCCCCCCCCCCCCCCCCCCCCCCCCCCCCCCCCCCCCCC(=O)OC(COC(=O)CCCCCCCCCCCCCCCCC)COP(=O)(O)OCC[N+](C)(C)C. The topological polar surface area (TPSA) is 108 Å². The van der Waals surface area contributed by atoms with Crippen molar-refractivity contribution in [1.82, 2.24) is 0 Å². The van der Waals surface area contributed by atoms with Crippen LogP contribution in [0, 0.1) is 0 Å². The molecule has 0 fully saturated rings. The number of likely N-dealkylation sites (N-methyl/N-ethyl adjacent to an activating group) is 1. The van der Waals surface area contributed by atoms with Gasteiger partial charge in [0.1, 0.15) is 19.8 Å². The van der Waals surface area contributed by atoms with E-state index in [0.29, 0.717) is 17.4 Å². The maximum absolute atomic E-state index is 12.8. The quantitative estimate of drug-likeness (QED) is 0.0278. The molecule has 0 aliphatic heterocycles. The number of carbonyl (C=O) groups excluding carboxylic acids is 2. The second kappa shape index (κ2) is 57.7. The van der Waals surface area contributed by atoms with Crippen LogP contribution >= 0.6 is 7.82 Å². The molecule has 0 aromatic rings. The molecular weight excluding hydrogens is 954 g/mol. The maximum atomic E-state index is 12.8. The Labute approximate surface area is 467 Å². The van der Waals surface area contributed by atoms with E-state index >= 15 is 0 Å². The third kappa shape index (κ3) is 62.1. The molecule has 0 bridgehead atoms. The van der Waals surface area contributed by atoms with E-state index < -0.39 is 26.5 Å². The minimum atomic E-state index is -4.38. The Balaban J connectivity index is 3.88. The largest absolute Gasteiger partial charge is 0.472 e. The van der Waals surface area contributed by atoms with E-state index in [2.05, 4.69) is 13.8 Å². The number of phosphoric ester groups is 1. The highest BCUT2D eigenvalue weighted by molar-refractivity contribution is 7.47. The summed E-state index contributed by atoms with van der Waals surface area (Å²) in [7, 11) is 1.50. The van der Waals surface area contributed by atoms with E-state index in [0.717, 1.165) is 38.5 Å². The van der Waals surface area contributed by atoms with Crippen molar-refractivity contribution < 1.29 is 42.1 Å². The molecule has 448 valence electrons. The van der Waals surface area contributed by atoms with Crippen molar-refractivity contribution in [3.05, 3.63) is 0 Å². The maximum Gasteiger partial charge on any atom is 0.472 e. The Morgan fingerprint density at radius 3 is 0.853 bits per heavy atom. The van der Waals surface area contributed by atoms with Gasteiger partial charge in [-0.1, -0.05) is 328 Å². The van der Waals surface area contributed by atoms with Gasteiger partial charge >= 0.3 is 19.8 Å². The van der Waals surface area contributed by atoms with Gasteiger partial charge in [-0.3, -0.25) is 18.6 Å². The molecule has 75 heavy (non-hydrogen) atoms. The Hall–Kier alpha value is -0.990. The lowest BCUT2D eigenvalue weighted by Crippen LogP contribution is -2.37. The molecule has 1 N–H and O–H groups in total. The molecule has 2 unspecified atom stereocenters. The molecule has 0 rings (SSSR count). The average molecular weight is 1090 g/mol. The molecule has 0 aliphatic rings. The highest BCUT2D eigenvalue weighted by atomic mass is 31.2. The first kappa shape index (κ1) is 74.0. The molecule has 9 nitrogen and oxygen atoms in total. The van der Waals surface area contributed by atoms with Gasteiger partial charge in [0.15, 0.2) is 6.10 Å². The molecule has 0 heterocycles. The van der Waals surface area contributed by atoms with Crippen molar-refractivity contribution in [3.63, 3.8) is 0 Å². The number of quaternary nitrogens is 1. The second-order valence-corrected chi connectivity index (χ2v) is 25.7. The zero-order valence-electron chi connectivity index (χ0n) is 51.1. The van der Waals surface area contributed by atoms with Crippen LogP contribution in [0.1, 0.15) is 354 Å². The van der Waals surface area contributed by atoms with Gasteiger partial charge in [0, 0.05) is 12.8 Å². The van der Waals surface area contributed by atoms with Gasteiger partial charge in [-0.15, -0.1) is 0 Å². The molecule has 0 aliphatic carbocycles. The van der Waals surface area contributed by atoms with Crippen LogP contribution in [0.5, 0.6) is 0 Å². The summed E-state index contributed by atoms with van der Waals surface area (Å²) in [6.45, 7) is 4.51. The van der Waals surface area contributed by atoms with Crippen molar-refractivity contribution in [3.8, 4) is 0 Å². The number of phosphoric acid groups is 1. The number of carbonyl (C=O) groups is 2. The van der Waals surface area contributed by atoms with Crippen LogP contribution in [0.25, 0.3) is 0 Å². The number of nitrogens with zero attached hydrogens (tertiary/aromatic N) is 1. The molecule has 0 aromatic heterocycles. The monoisotopic (exact) mass is 1080 g/mol. The van der Waals surface area contributed by atoms with Crippen molar-refractivity contribution >= 4 is 19.8 Å². The fourth-order valence-electron chi connectivity index (χ4n) is 10.3. The van der Waals surface area contributed by atoms with E-state index in [4.69, 9.17) is 18.5 Å². The average Bonchev–Trinajstić information content (AvgIpc) is 3.37. The van der Waals surface area contributed by atoms with Gasteiger partial charge in [0.05, 0.1) is 27.7 Å². The number of ether oxygens (including phenoxy) is 2. The van der Waals surface area contributed by atoms with Crippen LogP contribution in [0.3, 0.4) is 0 Å². The van der Waals surface area contributed by atoms with Crippen molar-refractivity contribution in [2.75, 3.05) is 47.5 Å². The lowest BCUT2D eigenvalue weighted by Gasteiger charge is -2.24. The van der Waals surface area contributed by atoms with Gasteiger partial charge < -0.3 is 18.9 Å². The minimum Gasteiger partial charge on any atom is -0.462 e. The van der Waals surface area contributed by atoms with Crippen LogP contribution in [0.4, 0.5) is 0 Å². The standard InChI is InChI=1S/C65H130NO8P/c1-6-8-10-12-14-16-18-20-22-23-24-25-26-27-28-29-30-31-32-33-34-35-36-37-38-39-40-41-42-44-46-48-50-52-54-56-58-65(68)74-63(62-73-75(69,70)72-60-59-66(3,4)5)61-71-64(67)57-55-53-51-49-47-45-43-21-19-17-15-13-11-9-7-2/h63H,6-62H2,1-5H3/p+1. The van der Waals surface area contributed by atoms with Gasteiger partial charge in [-0.2, -0.15) is 0 Å². The van der Waals surface area contributed by atoms with E-state index in [1.165, 1.54) is 289 Å². The molecule has 0 aromatic carbocycles. The Bertz CT molecular complexity index is 1230. The van der Waals surface area contributed by atoms with E-state index in [9.17, 15) is 19.0 Å². The van der Waals surface area contributed by atoms with Crippen LogP contribution in [0.2, 0.25) is 0 Å². The summed E-state index contributed by atoms with van der Waals surface area (Å²) >= 11 is 0. The lowest BCUT2D eigenvalue weighted by atomic mass is 10.0. The van der Waals surface area contributed by atoms with Crippen molar-refractivity contribution in [2.45, 2.75) is 360 Å². The summed E-state index contributed by atoms with van der Waals surface area (Å²) < 4.78 is 34.6. The second-order valence-electron chi connectivity index (χ2n) is 24.2. The summed E-state index contributed by atoms with van der Waals surface area (Å²) in [5.74, 6) is -0.772. The molecule has 0 amide bonds. The zero-order valence-corrected chi connectivity index (χ0v) is 52.0. The predicted molar refractivity (Wildman–Crippen MR) is 322 cm³/mol. The summed E-state index contributed by atoms with van der Waals surface area (Å²) in [6, 6.07) is 0. The van der Waals surface area contributed by atoms with Crippen LogP contribution in [-0.4, -0.2) is 74.9 Å². The van der Waals surface area contributed by atoms with Crippen molar-refractivity contribution in [2.24, 2.45) is 0 Å². The number of esters is 2. The Morgan fingerprint density at radius 2 is 0.600 bits per heavy atom. The fraction of sp³-hybridized carbons (Fsp3) is 0.969. The predicted octanol–water partition coefficient (Wildman–Crippen LogP) is 21.0. The summed E-state index contributed by atoms with van der Waals surface area (Å²) in [6.07, 6.45) is 67.9. The summed E-state index contributed by atoms with van der Waals surface area (Å²) in [5.41, 5.74) is 0. The molecule has 10 heteroatoms. The first-order valence-corrected chi connectivity index (χ1v) is 34.8. The third-order valence-corrected chi connectivity index (χ3v) is 16.4. The molecule has 2 atom stereocenters. The minimum absolute atomic E-state index is 0.0374. The first-order valence-electron chi connectivity index (χ1n) is 33.3. The summed E-state index contributed by atoms with van der Waals surface area (Å²) in [5, 5.41) is 0. The number of unbranched alkanes of at least 4 members (excludes halogenated alkanes) is 49. The van der Waals surface area contributed by atoms with E-state index in [1.807, 2.05) is 21.1 Å². The molecule has 0 spiro atoms. The Kier molecular flexibility index (Phi) is 56.9. The van der Waals surface area contributed by atoms with Crippen LogP contribution in [-0.2, 0) is 32.7 Å². The normalized spacial score (nSPS) is 13.1. The van der Waals surface area contributed by atoms with Crippen LogP contribution in [0.15, 0.2) is 0 Å². The number of hydrogen-bond acceptors (Lipinski definition) is 7. The highest BCUT2D eigenvalue weighted by Gasteiger charge is 2.27. The van der Waals surface area contributed by atoms with Gasteiger partial charge in [-0.05, 0) is 12.8 Å². The molecular formula is C65H131NO8P+. The third-order valence-electron chi connectivity index (χ3n) is 15.4. The summed E-state index contributed by atoms with van der Waals surface area (Å²) in [4.78, 5) is 35.7. The van der Waals surface area contributed by atoms with Crippen molar-refractivity contribution in [1.29, 1.82) is 0 Å². The molecule has 0 saturated heterocycles. The fourth-order valence-corrected chi connectivity index (χ4v) is 11.0. The van der Waals surface area contributed by atoms with E-state index in [-0.39, 0.29) is 25.6 Å². The number of hydrogen-bond donors (Lipinski definition) is 1. The van der Waals surface area contributed by atoms with Gasteiger partial charge in [0.25, 0.3) is 0 Å². The highest BCUT2D eigenvalue weighted by Crippen LogP contribution is 2.43. The van der Waals surface area contributed by atoms with E-state index in [1.54, 1.807) is 0 Å². The van der Waals surface area contributed by atoms with Gasteiger partial charge in [0.2, 0.25) is 0 Å². The van der Waals surface area contributed by atoms with Crippen LogP contribution < -0.4 is 0 Å². The zero-order chi connectivity index (χ0) is 54.9. The first-order chi connectivity index (χ1) is 36.5. The Morgan fingerprint density at radius 1 is 0.360 bits per heavy atom. The molecule has 0 saturated carbocycles. The lowest BCUT2D eigenvalue weighted by molar-refractivity contribution is -0.870. The molecule has 0 radical (unpaired) electrons. The smallest absolute Gasteiger partial charge is 0.462 e. The van der Waals surface area contributed by atoms with Gasteiger partial charge in [-0.25, -0.2) is 4.57 Å². The number of rotatable bonds is 63.